The lowest BCUT2D eigenvalue weighted by Crippen LogP contribution is -1.74. The third-order valence-electron chi connectivity index (χ3n) is 2.73. The van der Waals surface area contributed by atoms with Gasteiger partial charge in [-0.25, -0.2) is 0 Å². The molecule has 22 heavy (non-hydrogen) atoms. The topological polar surface area (TPSA) is 0 Å². The Kier molecular flexibility index (Phi) is 8.45. The average molecular weight is 456 g/mol. The van der Waals surface area contributed by atoms with Crippen molar-refractivity contribution in [2.45, 2.75) is 0 Å². The summed E-state index contributed by atoms with van der Waals surface area (Å²) in [4.78, 5) is 0. The second-order valence-corrected chi connectivity index (χ2v) is 8.87. The molecule has 0 N–H and O–H groups in total. The van der Waals surface area contributed by atoms with Crippen LogP contribution in [0.25, 0.3) is 12.2 Å². The summed E-state index contributed by atoms with van der Waals surface area (Å²) in [5.41, 5.74) is 2.46. The average Bonchev–Trinajstić information content (AvgIpc) is 2.50. The minimum Gasteiger partial charge on any atom is -0.0897 e. The molecule has 2 aromatic carbocycles. The summed E-state index contributed by atoms with van der Waals surface area (Å²) in [6, 6.07) is 16.7. The smallest absolute Gasteiger partial charge is 0.0221 e. The minimum atomic E-state index is 1.02. The molecule has 0 nitrogen and oxygen atoms in total. The van der Waals surface area contributed by atoms with Crippen LogP contribution in [0.3, 0.4) is 0 Å². The maximum Gasteiger partial charge on any atom is 0.0221 e. The lowest BCUT2D eigenvalue weighted by atomic mass is 10.2. The Hall–Kier alpha value is -0.420. The molecule has 2 aromatic rings. The number of benzene rings is 2. The van der Waals surface area contributed by atoms with Gasteiger partial charge in [0, 0.05) is 20.5 Å². The van der Waals surface area contributed by atoms with Crippen molar-refractivity contribution in [3.63, 3.8) is 0 Å². The first-order valence-corrected chi connectivity index (χ1v) is 10.9. The van der Waals surface area contributed by atoms with E-state index in [1.807, 2.05) is 33.7 Å². The van der Waals surface area contributed by atoms with Gasteiger partial charge >= 0.3 is 0 Å². The predicted molar refractivity (Wildman–Crippen MR) is 111 cm³/mol. The van der Waals surface area contributed by atoms with E-state index in [-0.39, 0.29) is 0 Å². The SMILES string of the molecule is Brc1cccc(/C=C/CSSC/C=C/c2cccc(Br)c2)c1. The number of hydrogen-bond donors (Lipinski definition) is 0. The van der Waals surface area contributed by atoms with Crippen molar-refractivity contribution in [2.24, 2.45) is 0 Å². The molecule has 0 heterocycles. The van der Waals surface area contributed by atoms with Gasteiger partial charge in [-0.2, -0.15) is 0 Å². The molecule has 0 bridgehead atoms. The molecular formula is C18H16Br2S2. The van der Waals surface area contributed by atoms with Crippen LogP contribution in [0, 0.1) is 0 Å². The van der Waals surface area contributed by atoms with Crippen LogP contribution in [0.4, 0.5) is 0 Å². The summed E-state index contributed by atoms with van der Waals surface area (Å²) in [5.74, 6) is 2.03. The monoisotopic (exact) mass is 454 g/mol. The van der Waals surface area contributed by atoms with E-state index in [1.165, 1.54) is 11.1 Å². The van der Waals surface area contributed by atoms with Crippen LogP contribution in [0.1, 0.15) is 11.1 Å². The Morgan fingerprint density at radius 1 is 0.727 bits per heavy atom. The summed E-state index contributed by atoms with van der Waals surface area (Å²) in [7, 11) is 3.75. The second kappa shape index (κ2) is 10.4. The summed E-state index contributed by atoms with van der Waals surface area (Å²) in [6.07, 6.45) is 8.74. The van der Waals surface area contributed by atoms with Gasteiger partial charge in [-0.15, -0.1) is 0 Å². The van der Waals surface area contributed by atoms with Gasteiger partial charge in [0.2, 0.25) is 0 Å². The first kappa shape index (κ1) is 17.9. The fourth-order valence-corrected chi connectivity index (χ4v) is 4.19. The van der Waals surface area contributed by atoms with Crippen LogP contribution in [0.15, 0.2) is 69.6 Å². The summed E-state index contributed by atoms with van der Waals surface area (Å²) in [6.45, 7) is 0. The lowest BCUT2D eigenvalue weighted by molar-refractivity contribution is 1.60. The van der Waals surface area contributed by atoms with E-state index in [9.17, 15) is 0 Å². The van der Waals surface area contributed by atoms with Crippen molar-refractivity contribution in [2.75, 3.05) is 11.5 Å². The zero-order chi connectivity index (χ0) is 15.6. The molecule has 114 valence electrons. The van der Waals surface area contributed by atoms with Crippen LogP contribution in [-0.2, 0) is 0 Å². The molecular weight excluding hydrogens is 440 g/mol. The van der Waals surface area contributed by atoms with Gasteiger partial charge < -0.3 is 0 Å². The van der Waals surface area contributed by atoms with Gasteiger partial charge in [0.15, 0.2) is 0 Å². The van der Waals surface area contributed by atoms with Crippen molar-refractivity contribution < 1.29 is 0 Å². The van der Waals surface area contributed by atoms with Crippen LogP contribution >= 0.6 is 53.4 Å². The van der Waals surface area contributed by atoms with Crippen LogP contribution < -0.4 is 0 Å². The molecule has 0 aliphatic carbocycles. The third kappa shape index (κ3) is 7.23. The van der Waals surface area contributed by atoms with Gasteiger partial charge in [-0.05, 0) is 35.4 Å². The molecule has 4 heteroatoms. The van der Waals surface area contributed by atoms with E-state index in [2.05, 4.69) is 92.6 Å². The third-order valence-corrected chi connectivity index (χ3v) is 5.86. The van der Waals surface area contributed by atoms with E-state index in [0.29, 0.717) is 0 Å². The molecule has 0 aliphatic rings. The fraction of sp³-hybridized carbons (Fsp3) is 0.111. The van der Waals surface area contributed by atoms with E-state index >= 15 is 0 Å². The standard InChI is InChI=1S/C18H16Br2S2/c19-17-9-1-5-15(13-17)7-3-11-21-22-12-4-8-16-6-2-10-18(20)14-16/h1-10,13-14H,11-12H2/b7-3+,8-4+. The van der Waals surface area contributed by atoms with Crippen molar-refractivity contribution in [1.82, 2.24) is 0 Å². The molecule has 0 aliphatic heterocycles. The normalized spacial score (nSPS) is 11.5. The molecule has 0 spiro atoms. The Labute approximate surface area is 157 Å². The Morgan fingerprint density at radius 3 is 1.59 bits per heavy atom. The first-order valence-electron chi connectivity index (χ1n) is 6.83. The van der Waals surface area contributed by atoms with E-state index < -0.39 is 0 Å². The number of hydrogen-bond acceptors (Lipinski definition) is 2. The van der Waals surface area contributed by atoms with E-state index in [4.69, 9.17) is 0 Å². The minimum absolute atomic E-state index is 1.02. The van der Waals surface area contributed by atoms with Crippen LogP contribution in [0.5, 0.6) is 0 Å². The van der Waals surface area contributed by atoms with Crippen molar-refractivity contribution in [3.05, 3.63) is 80.8 Å². The Bertz CT molecular complexity index is 594. The first-order chi connectivity index (χ1) is 10.7. The highest BCUT2D eigenvalue weighted by Gasteiger charge is 1.90. The summed E-state index contributed by atoms with van der Waals surface area (Å²) >= 11 is 6.97. The Morgan fingerprint density at radius 2 is 1.18 bits per heavy atom. The van der Waals surface area contributed by atoms with Gasteiger partial charge in [0.05, 0.1) is 0 Å². The highest BCUT2D eigenvalue weighted by molar-refractivity contribution is 9.10. The predicted octanol–water partition coefficient (Wildman–Crippen LogP) is 7.32. The van der Waals surface area contributed by atoms with Crippen molar-refractivity contribution >= 4 is 65.6 Å². The maximum absolute atomic E-state index is 3.48. The van der Waals surface area contributed by atoms with Crippen LogP contribution in [-0.4, -0.2) is 11.5 Å². The van der Waals surface area contributed by atoms with Gasteiger partial charge in [-0.3, -0.25) is 0 Å². The van der Waals surface area contributed by atoms with Crippen molar-refractivity contribution in [1.29, 1.82) is 0 Å². The number of halogens is 2. The molecule has 0 fully saturated rings. The van der Waals surface area contributed by atoms with Crippen LogP contribution in [0.2, 0.25) is 0 Å². The molecule has 0 saturated carbocycles. The van der Waals surface area contributed by atoms with Crippen molar-refractivity contribution in [3.8, 4) is 0 Å². The fourth-order valence-electron chi connectivity index (χ4n) is 1.76. The van der Waals surface area contributed by atoms with Gasteiger partial charge in [0.25, 0.3) is 0 Å². The highest BCUT2D eigenvalue weighted by atomic mass is 79.9. The van der Waals surface area contributed by atoms with E-state index in [1.54, 1.807) is 0 Å². The maximum atomic E-state index is 3.48. The second-order valence-electron chi connectivity index (χ2n) is 4.48. The zero-order valence-corrected chi connectivity index (χ0v) is 16.7. The van der Waals surface area contributed by atoms with Gasteiger partial charge in [0.1, 0.15) is 0 Å². The molecule has 0 amide bonds. The highest BCUT2D eigenvalue weighted by Crippen LogP contribution is 2.22. The van der Waals surface area contributed by atoms with Gasteiger partial charge in [-0.1, -0.05) is 102 Å². The largest absolute Gasteiger partial charge is 0.0897 e. The molecule has 0 unspecified atom stereocenters. The summed E-state index contributed by atoms with van der Waals surface area (Å²) in [5, 5.41) is 0. The molecule has 2 rings (SSSR count). The van der Waals surface area contributed by atoms with E-state index in [0.717, 1.165) is 20.5 Å². The number of rotatable bonds is 7. The molecule has 0 saturated heterocycles. The summed E-state index contributed by atoms with van der Waals surface area (Å²) < 4.78 is 2.24. The quantitative estimate of drug-likeness (QED) is 0.316. The molecule has 0 aromatic heterocycles. The lowest BCUT2D eigenvalue weighted by Gasteiger charge is -1.96. The Balaban J connectivity index is 1.63. The molecule has 0 atom stereocenters. The molecule has 0 radical (unpaired) electrons. The zero-order valence-electron chi connectivity index (χ0n) is 11.9.